The molecule has 2 aromatic heterocycles. The average Bonchev–Trinajstić information content (AvgIpc) is 3.06. The van der Waals surface area contributed by atoms with E-state index in [0.717, 1.165) is 11.3 Å². The van der Waals surface area contributed by atoms with Crippen molar-refractivity contribution in [2.24, 2.45) is 0 Å². The number of H-pyrrole nitrogens is 1. The number of nitrogens with zero attached hydrogens (tertiary/aromatic N) is 6. The van der Waals surface area contributed by atoms with Gasteiger partial charge in [0.05, 0.1) is 16.7 Å². The molecule has 0 bridgehead atoms. The molecule has 0 saturated carbocycles. The molecule has 4 heterocycles. The Morgan fingerprint density at radius 2 is 1.51 bits per heavy atom. The molecule has 2 aliphatic rings. The number of benzene rings is 2. The molecule has 0 spiro atoms. The van der Waals surface area contributed by atoms with Gasteiger partial charge >= 0.3 is 6.03 Å². The van der Waals surface area contributed by atoms with Crippen LogP contribution in [0.1, 0.15) is 5.56 Å². The molecule has 4 N–H and O–H groups in total. The largest absolute Gasteiger partial charge is 0.397 e. The normalized spacial score (nSPS) is 16.1. The maximum absolute atomic E-state index is 13.9. The van der Waals surface area contributed by atoms with Crippen LogP contribution in [0.5, 0.6) is 0 Å². The quantitative estimate of drug-likeness (QED) is 0.256. The van der Waals surface area contributed by atoms with Gasteiger partial charge in [0.1, 0.15) is 6.04 Å². The van der Waals surface area contributed by atoms with Crippen LogP contribution < -0.4 is 26.4 Å². The van der Waals surface area contributed by atoms with E-state index in [0.29, 0.717) is 90.3 Å². The van der Waals surface area contributed by atoms with Gasteiger partial charge in [-0.15, -0.1) is 0 Å². The van der Waals surface area contributed by atoms with Gasteiger partial charge in [0.2, 0.25) is 5.91 Å². The fraction of sp³-hybridized carbons (Fsp3) is 0.323. The molecule has 14 heteroatoms. The SMILES string of the molecule is Nc1c(Br)cc(C[C@@H](NC(=O)N2CCN(c3nc4ccccc4[nH]c3=O)CC2)C(=O)N2CCN(c3ccncc3)CC2)cc1Br. The molecule has 0 aliphatic carbocycles. The zero-order valence-electron chi connectivity index (χ0n) is 24.5. The summed E-state index contributed by atoms with van der Waals surface area (Å²) in [5.41, 5.74) is 9.71. The van der Waals surface area contributed by atoms with Crippen LogP contribution in [0.2, 0.25) is 0 Å². The Morgan fingerprint density at radius 3 is 2.20 bits per heavy atom. The molecule has 2 aliphatic heterocycles. The number of nitrogens with one attached hydrogen (secondary N) is 2. The Bertz CT molecular complexity index is 1730. The maximum Gasteiger partial charge on any atom is 0.318 e. The summed E-state index contributed by atoms with van der Waals surface area (Å²) in [6, 6.07) is 14.0. The summed E-state index contributed by atoms with van der Waals surface area (Å²) >= 11 is 6.99. The summed E-state index contributed by atoms with van der Waals surface area (Å²) in [5, 5.41) is 3.03. The predicted octanol–water partition coefficient (Wildman–Crippen LogP) is 3.22. The molecule has 12 nitrogen and oxygen atoms in total. The lowest BCUT2D eigenvalue weighted by atomic mass is 10.0. The standard InChI is InChI=1S/C31H33Br2N9O3/c32-22-17-20(18-23(33)27(22)34)19-26(30(44)41-13-9-39(10-14-41)21-5-7-35-8-6-21)38-31(45)42-15-11-40(12-16-42)28-29(43)37-25-4-2-1-3-24(25)36-28/h1-8,17-18,26H,9-16,19,34H2,(H,37,43)(H,38,45)/t26-/m1/s1. The number of urea groups is 1. The Labute approximate surface area is 276 Å². The molecule has 2 fully saturated rings. The Morgan fingerprint density at radius 1 is 0.889 bits per heavy atom. The summed E-state index contributed by atoms with van der Waals surface area (Å²) < 4.78 is 1.42. The van der Waals surface area contributed by atoms with E-state index in [4.69, 9.17) is 5.73 Å². The number of aromatic nitrogens is 3. The third kappa shape index (κ3) is 6.91. The maximum atomic E-state index is 13.9. The van der Waals surface area contributed by atoms with Gasteiger partial charge in [-0.05, 0) is 73.8 Å². The number of hydrogen-bond donors (Lipinski definition) is 3. The van der Waals surface area contributed by atoms with Gasteiger partial charge in [-0.1, -0.05) is 12.1 Å². The van der Waals surface area contributed by atoms with Gasteiger partial charge in [0, 0.05) is 85.8 Å². The Kier molecular flexibility index (Phi) is 9.21. The van der Waals surface area contributed by atoms with Gasteiger partial charge < -0.3 is 35.6 Å². The first kappa shape index (κ1) is 30.8. The van der Waals surface area contributed by atoms with Gasteiger partial charge in [-0.25, -0.2) is 9.78 Å². The Balaban J connectivity index is 1.14. The van der Waals surface area contributed by atoms with Crippen LogP contribution >= 0.6 is 31.9 Å². The topological polar surface area (TPSA) is 144 Å². The third-order valence-corrected chi connectivity index (χ3v) is 9.55. The van der Waals surface area contributed by atoms with E-state index in [9.17, 15) is 14.4 Å². The Hall–Kier alpha value is -4.17. The highest BCUT2D eigenvalue weighted by Gasteiger charge is 2.32. The lowest BCUT2D eigenvalue weighted by Gasteiger charge is -2.38. The molecular weight excluding hydrogens is 706 g/mol. The number of aromatic amines is 1. The number of nitrogens with two attached hydrogens (primary N) is 1. The molecule has 6 rings (SSSR count). The van der Waals surface area contributed by atoms with Crippen molar-refractivity contribution in [1.82, 2.24) is 30.1 Å². The molecule has 2 saturated heterocycles. The van der Waals surface area contributed by atoms with Crippen molar-refractivity contribution in [2.75, 3.05) is 67.9 Å². The van der Waals surface area contributed by atoms with Gasteiger partial charge in [0.25, 0.3) is 5.56 Å². The highest BCUT2D eigenvalue weighted by molar-refractivity contribution is 9.11. The third-order valence-electron chi connectivity index (χ3n) is 8.24. The zero-order valence-corrected chi connectivity index (χ0v) is 27.6. The van der Waals surface area contributed by atoms with E-state index >= 15 is 0 Å². The molecule has 0 unspecified atom stereocenters. The van der Waals surface area contributed by atoms with Crippen LogP contribution in [-0.4, -0.2) is 95.1 Å². The number of para-hydroxylation sites is 2. The van der Waals surface area contributed by atoms with Crippen LogP contribution in [0, 0.1) is 0 Å². The number of halogens is 2. The monoisotopic (exact) mass is 737 g/mol. The first-order valence-corrected chi connectivity index (χ1v) is 16.3. The number of pyridine rings is 1. The number of amides is 3. The molecule has 234 valence electrons. The number of carbonyl (C=O) groups excluding carboxylic acids is 2. The van der Waals surface area contributed by atoms with E-state index in [-0.39, 0.29) is 17.5 Å². The van der Waals surface area contributed by atoms with Crippen LogP contribution in [0.4, 0.5) is 22.0 Å². The molecule has 4 aromatic rings. The second kappa shape index (κ2) is 13.4. The number of piperazine rings is 2. The lowest BCUT2D eigenvalue weighted by Crippen LogP contribution is -2.59. The minimum atomic E-state index is -0.782. The summed E-state index contributed by atoms with van der Waals surface area (Å²) in [5.74, 6) is 0.208. The second-order valence-corrected chi connectivity index (χ2v) is 12.8. The fourth-order valence-electron chi connectivity index (χ4n) is 5.75. The van der Waals surface area contributed by atoms with E-state index in [2.05, 4.69) is 57.0 Å². The van der Waals surface area contributed by atoms with E-state index < -0.39 is 6.04 Å². The molecule has 1 atom stereocenters. The van der Waals surface area contributed by atoms with Crippen molar-refractivity contribution in [2.45, 2.75) is 12.5 Å². The molecule has 0 radical (unpaired) electrons. The number of carbonyl (C=O) groups is 2. The van der Waals surface area contributed by atoms with Crippen molar-refractivity contribution in [3.8, 4) is 0 Å². The smallest absolute Gasteiger partial charge is 0.318 e. The molecule has 45 heavy (non-hydrogen) atoms. The summed E-state index contributed by atoms with van der Waals surface area (Å²) in [7, 11) is 0. The van der Waals surface area contributed by atoms with Crippen molar-refractivity contribution >= 4 is 72.0 Å². The highest BCUT2D eigenvalue weighted by atomic mass is 79.9. The lowest BCUT2D eigenvalue weighted by molar-refractivity contribution is -0.133. The minimum absolute atomic E-state index is 0.132. The van der Waals surface area contributed by atoms with E-state index in [1.807, 2.05) is 58.3 Å². The van der Waals surface area contributed by atoms with Crippen molar-refractivity contribution in [3.05, 3.63) is 85.8 Å². The zero-order chi connectivity index (χ0) is 31.5. The van der Waals surface area contributed by atoms with Crippen LogP contribution in [0.15, 0.2) is 74.7 Å². The average molecular weight is 739 g/mol. The number of rotatable bonds is 6. The van der Waals surface area contributed by atoms with E-state index in [1.54, 1.807) is 17.3 Å². The molecular formula is C31H33Br2N9O3. The first-order valence-electron chi connectivity index (χ1n) is 14.7. The van der Waals surface area contributed by atoms with Crippen molar-refractivity contribution in [1.29, 1.82) is 0 Å². The minimum Gasteiger partial charge on any atom is -0.397 e. The number of anilines is 3. The summed E-state index contributed by atoms with van der Waals surface area (Å²) in [6.07, 6.45) is 3.82. The summed E-state index contributed by atoms with van der Waals surface area (Å²) in [4.78, 5) is 59.5. The second-order valence-electron chi connectivity index (χ2n) is 11.1. The summed E-state index contributed by atoms with van der Waals surface area (Å²) in [6.45, 7) is 4.07. The van der Waals surface area contributed by atoms with E-state index in [1.165, 1.54) is 0 Å². The van der Waals surface area contributed by atoms with Crippen molar-refractivity contribution < 1.29 is 9.59 Å². The van der Waals surface area contributed by atoms with Gasteiger partial charge in [0.15, 0.2) is 5.82 Å². The van der Waals surface area contributed by atoms with Crippen LogP contribution in [0.25, 0.3) is 11.0 Å². The molecule has 3 amide bonds. The van der Waals surface area contributed by atoms with Crippen LogP contribution in [-0.2, 0) is 11.2 Å². The predicted molar refractivity (Wildman–Crippen MR) is 181 cm³/mol. The number of hydrogen-bond acceptors (Lipinski definition) is 8. The highest BCUT2D eigenvalue weighted by Crippen LogP contribution is 2.30. The number of fused-ring (bicyclic) bond motifs is 1. The fourth-order valence-corrected chi connectivity index (χ4v) is 7.03. The van der Waals surface area contributed by atoms with Gasteiger partial charge in [-0.3, -0.25) is 14.6 Å². The molecule has 2 aromatic carbocycles. The number of nitrogen functional groups attached to an aromatic ring is 1. The van der Waals surface area contributed by atoms with Crippen LogP contribution in [0.3, 0.4) is 0 Å². The van der Waals surface area contributed by atoms with Crippen molar-refractivity contribution in [3.63, 3.8) is 0 Å². The van der Waals surface area contributed by atoms with Gasteiger partial charge in [-0.2, -0.15) is 0 Å². The first-order chi connectivity index (χ1) is 21.8.